The molecule has 3 aliphatic heterocycles. The number of nitrogens with one attached hydrogen (secondary N) is 1. The molecule has 1 aromatic rings. The number of amides is 3. The summed E-state index contributed by atoms with van der Waals surface area (Å²) in [6, 6.07) is 5.83. The molecule has 2 unspecified atom stereocenters. The minimum absolute atomic E-state index is 0.111. The minimum atomic E-state index is -0.558. The van der Waals surface area contributed by atoms with Crippen LogP contribution in [-0.4, -0.2) is 51.7 Å². The summed E-state index contributed by atoms with van der Waals surface area (Å²) in [5.41, 5.74) is 9.39. The Morgan fingerprint density at radius 1 is 1.17 bits per heavy atom. The van der Waals surface area contributed by atoms with E-state index in [4.69, 9.17) is 5.73 Å². The molecule has 2 atom stereocenters. The number of piperidine rings is 2. The second-order valence-electron chi connectivity index (χ2n) is 9.14. The average molecular weight is 396 g/mol. The summed E-state index contributed by atoms with van der Waals surface area (Å²) in [7, 11) is 0. The van der Waals surface area contributed by atoms with Crippen molar-refractivity contribution in [1.82, 2.24) is 15.1 Å². The van der Waals surface area contributed by atoms with E-state index < -0.39 is 6.04 Å². The Balaban J connectivity index is 1.32. The molecule has 1 aromatic carbocycles. The van der Waals surface area contributed by atoms with Crippen molar-refractivity contribution in [1.29, 1.82) is 0 Å². The molecule has 5 rings (SSSR count). The molecule has 1 spiro atoms. The fourth-order valence-electron chi connectivity index (χ4n) is 5.58. The molecule has 29 heavy (non-hydrogen) atoms. The van der Waals surface area contributed by atoms with Crippen molar-refractivity contribution in [3.63, 3.8) is 0 Å². The van der Waals surface area contributed by atoms with Crippen molar-refractivity contribution in [3.8, 4) is 0 Å². The Labute approximate surface area is 170 Å². The Morgan fingerprint density at radius 3 is 2.72 bits per heavy atom. The third-order valence-electron chi connectivity index (χ3n) is 7.33. The van der Waals surface area contributed by atoms with Crippen molar-refractivity contribution >= 4 is 17.7 Å². The molecule has 7 heteroatoms. The van der Waals surface area contributed by atoms with Crippen LogP contribution in [0.4, 0.5) is 0 Å². The van der Waals surface area contributed by atoms with Crippen molar-refractivity contribution in [2.75, 3.05) is 6.54 Å². The number of benzene rings is 1. The van der Waals surface area contributed by atoms with Crippen LogP contribution in [0.5, 0.6) is 0 Å². The van der Waals surface area contributed by atoms with Gasteiger partial charge in [-0.05, 0) is 55.7 Å². The fraction of sp³-hybridized carbons (Fsp3) is 0.591. The van der Waals surface area contributed by atoms with Gasteiger partial charge in [-0.3, -0.25) is 24.6 Å². The molecule has 3 heterocycles. The first-order valence-corrected chi connectivity index (χ1v) is 10.7. The second kappa shape index (κ2) is 6.92. The van der Waals surface area contributed by atoms with Gasteiger partial charge >= 0.3 is 0 Å². The van der Waals surface area contributed by atoms with Crippen LogP contribution in [0.25, 0.3) is 0 Å². The zero-order chi connectivity index (χ0) is 20.2. The van der Waals surface area contributed by atoms with Gasteiger partial charge in [0.2, 0.25) is 11.8 Å². The molecule has 2 saturated heterocycles. The number of hydrogen-bond donors (Lipinski definition) is 2. The molecular formula is C22H28N4O3. The summed E-state index contributed by atoms with van der Waals surface area (Å²) < 4.78 is 0. The number of likely N-dealkylation sites (tertiary alicyclic amines) is 1. The van der Waals surface area contributed by atoms with E-state index in [1.807, 2.05) is 12.1 Å². The van der Waals surface area contributed by atoms with E-state index in [-0.39, 0.29) is 29.7 Å². The molecule has 3 amide bonds. The summed E-state index contributed by atoms with van der Waals surface area (Å²) in [5, 5.41) is 2.36. The van der Waals surface area contributed by atoms with Gasteiger partial charge in [-0.15, -0.1) is 0 Å². The monoisotopic (exact) mass is 396 g/mol. The molecule has 1 saturated carbocycles. The number of carbonyl (C=O) groups excluding carboxylic acids is 3. The van der Waals surface area contributed by atoms with Gasteiger partial charge in [-0.2, -0.15) is 0 Å². The number of rotatable bonds is 3. The van der Waals surface area contributed by atoms with Crippen LogP contribution in [0.3, 0.4) is 0 Å². The Hall–Kier alpha value is -2.25. The van der Waals surface area contributed by atoms with Crippen LogP contribution in [0.1, 0.15) is 66.4 Å². The molecule has 7 nitrogen and oxygen atoms in total. The zero-order valence-corrected chi connectivity index (χ0v) is 16.7. The molecule has 1 aliphatic carbocycles. The third-order valence-corrected chi connectivity index (χ3v) is 7.33. The molecule has 0 aromatic heterocycles. The highest BCUT2D eigenvalue weighted by Gasteiger charge is 2.46. The van der Waals surface area contributed by atoms with Gasteiger partial charge in [-0.25, -0.2) is 0 Å². The predicted molar refractivity (Wildman–Crippen MR) is 107 cm³/mol. The summed E-state index contributed by atoms with van der Waals surface area (Å²) in [5.74, 6) is -0.733. The molecule has 4 aliphatic rings. The second-order valence-corrected chi connectivity index (χ2v) is 9.14. The highest BCUT2D eigenvalue weighted by molar-refractivity contribution is 6.05. The number of nitrogens with zero attached hydrogens (tertiary/aromatic N) is 2. The lowest BCUT2D eigenvalue weighted by Gasteiger charge is -2.55. The largest absolute Gasteiger partial charge is 0.328 e. The summed E-state index contributed by atoms with van der Waals surface area (Å²) in [6.45, 7) is 2.34. The summed E-state index contributed by atoms with van der Waals surface area (Å²) in [6.07, 6.45) is 6.53. The van der Waals surface area contributed by atoms with E-state index in [0.29, 0.717) is 24.6 Å². The molecular weight excluding hydrogens is 368 g/mol. The minimum Gasteiger partial charge on any atom is -0.328 e. The van der Waals surface area contributed by atoms with Gasteiger partial charge in [-0.1, -0.05) is 12.1 Å². The third kappa shape index (κ3) is 3.16. The van der Waals surface area contributed by atoms with E-state index in [2.05, 4.69) is 16.3 Å². The first-order chi connectivity index (χ1) is 13.9. The van der Waals surface area contributed by atoms with Crippen LogP contribution in [0, 0.1) is 0 Å². The van der Waals surface area contributed by atoms with E-state index in [0.717, 1.165) is 31.5 Å². The normalized spacial score (nSPS) is 29.0. The fourth-order valence-corrected chi connectivity index (χ4v) is 5.58. The highest BCUT2D eigenvalue weighted by atomic mass is 16.2. The van der Waals surface area contributed by atoms with Crippen molar-refractivity contribution in [3.05, 3.63) is 34.9 Å². The Kier molecular flexibility index (Phi) is 4.47. The quantitative estimate of drug-likeness (QED) is 0.751. The molecule has 0 radical (unpaired) electrons. The number of imide groups is 1. The van der Waals surface area contributed by atoms with Gasteiger partial charge in [0, 0.05) is 43.2 Å². The molecule has 154 valence electrons. The van der Waals surface area contributed by atoms with Crippen molar-refractivity contribution < 1.29 is 14.4 Å². The van der Waals surface area contributed by atoms with E-state index in [9.17, 15) is 14.4 Å². The molecule has 3 N–H and O–H groups in total. The van der Waals surface area contributed by atoms with Crippen LogP contribution in [0.15, 0.2) is 18.2 Å². The standard InChI is InChI=1S/C22H28N4O3/c23-16-6-9-25(22(11-16)7-1-8-22)12-14-2-3-17-15(10-14)13-26(21(17)29)18-4-5-19(27)24-20(18)28/h2-3,10,16,18H,1,4-9,11-13,23H2,(H,24,27,28). The van der Waals surface area contributed by atoms with Crippen LogP contribution >= 0.6 is 0 Å². The zero-order valence-electron chi connectivity index (χ0n) is 16.7. The molecule has 3 fully saturated rings. The van der Waals surface area contributed by atoms with Crippen molar-refractivity contribution in [2.45, 2.75) is 75.7 Å². The number of fused-ring (bicyclic) bond motifs is 1. The van der Waals surface area contributed by atoms with E-state index in [1.54, 1.807) is 4.90 Å². The lowest BCUT2D eigenvalue weighted by Crippen LogP contribution is -2.60. The summed E-state index contributed by atoms with van der Waals surface area (Å²) in [4.78, 5) is 40.7. The SMILES string of the molecule is NC1CCN(Cc2ccc3c(c2)CN(C2CCC(=O)NC2=O)C3=O)C2(CCC2)C1. The first kappa shape index (κ1) is 18.8. The first-order valence-electron chi connectivity index (χ1n) is 10.7. The number of carbonyl (C=O) groups is 3. The topological polar surface area (TPSA) is 95.7 Å². The predicted octanol–water partition coefficient (Wildman–Crippen LogP) is 1.29. The van der Waals surface area contributed by atoms with Crippen molar-refractivity contribution in [2.24, 2.45) is 5.73 Å². The van der Waals surface area contributed by atoms with E-state index >= 15 is 0 Å². The van der Waals surface area contributed by atoms with Gasteiger partial charge in [0.25, 0.3) is 5.91 Å². The van der Waals surface area contributed by atoms with E-state index in [1.165, 1.54) is 24.8 Å². The highest BCUT2D eigenvalue weighted by Crippen LogP contribution is 2.44. The Morgan fingerprint density at radius 2 is 2.00 bits per heavy atom. The molecule has 0 bridgehead atoms. The number of hydrogen-bond acceptors (Lipinski definition) is 5. The van der Waals surface area contributed by atoms with Gasteiger partial charge < -0.3 is 10.6 Å². The maximum absolute atomic E-state index is 12.9. The number of nitrogens with two attached hydrogens (primary N) is 1. The maximum Gasteiger partial charge on any atom is 0.255 e. The van der Waals surface area contributed by atoms with Crippen LogP contribution < -0.4 is 11.1 Å². The Bertz CT molecular complexity index is 879. The average Bonchev–Trinajstić information content (AvgIpc) is 2.98. The lowest BCUT2D eigenvalue weighted by atomic mass is 9.69. The lowest BCUT2D eigenvalue weighted by molar-refractivity contribution is -0.136. The summed E-state index contributed by atoms with van der Waals surface area (Å²) >= 11 is 0. The van der Waals surface area contributed by atoms with Gasteiger partial charge in [0.05, 0.1) is 0 Å². The smallest absolute Gasteiger partial charge is 0.255 e. The van der Waals surface area contributed by atoms with Gasteiger partial charge in [0.15, 0.2) is 0 Å². The maximum atomic E-state index is 12.9. The van der Waals surface area contributed by atoms with Gasteiger partial charge in [0.1, 0.15) is 6.04 Å². The van der Waals surface area contributed by atoms with Crippen LogP contribution in [0.2, 0.25) is 0 Å². The van der Waals surface area contributed by atoms with Crippen LogP contribution in [-0.2, 0) is 22.7 Å².